The van der Waals surface area contributed by atoms with Crippen LogP contribution in [0.3, 0.4) is 0 Å². The Labute approximate surface area is 104 Å². The molecule has 16 heavy (non-hydrogen) atoms. The minimum Gasteiger partial charge on any atom is -0.326 e. The fourth-order valence-electron chi connectivity index (χ4n) is 2.14. The molecule has 2 nitrogen and oxygen atoms in total. The van der Waals surface area contributed by atoms with E-state index in [0.717, 1.165) is 23.0 Å². The molecule has 2 N–H and O–H groups in total. The van der Waals surface area contributed by atoms with Crippen molar-refractivity contribution in [1.29, 1.82) is 0 Å². The first-order chi connectivity index (χ1) is 7.58. The number of hydrogen-bond acceptors (Lipinski definition) is 2. The highest BCUT2D eigenvalue weighted by Gasteiger charge is 2.28. The SMILES string of the molecule is CC1C(N)CCN1Cc1cc(Br)ccc1F. The van der Waals surface area contributed by atoms with E-state index in [1.807, 2.05) is 6.07 Å². The standard InChI is InChI=1S/C12H16BrFN2/c1-8-12(15)4-5-16(8)7-9-6-10(13)2-3-11(9)14/h2-3,6,8,12H,4-5,7,15H2,1H3. The number of nitrogens with two attached hydrogens (primary N) is 1. The summed E-state index contributed by atoms with van der Waals surface area (Å²) in [5.74, 6) is -0.143. The number of likely N-dealkylation sites (tertiary alicyclic amines) is 1. The first-order valence-corrected chi connectivity index (χ1v) is 6.31. The second-order valence-electron chi connectivity index (χ2n) is 4.40. The Morgan fingerprint density at radius 2 is 2.31 bits per heavy atom. The van der Waals surface area contributed by atoms with Crippen molar-refractivity contribution in [3.63, 3.8) is 0 Å². The molecule has 1 aromatic rings. The van der Waals surface area contributed by atoms with Gasteiger partial charge in [-0.3, -0.25) is 4.90 Å². The largest absolute Gasteiger partial charge is 0.326 e. The molecule has 2 atom stereocenters. The molecule has 88 valence electrons. The van der Waals surface area contributed by atoms with Gasteiger partial charge in [-0.15, -0.1) is 0 Å². The van der Waals surface area contributed by atoms with Crippen LogP contribution in [0.4, 0.5) is 4.39 Å². The number of benzene rings is 1. The Bertz CT molecular complexity index is 383. The molecule has 1 aliphatic heterocycles. The molecule has 1 aliphatic rings. The van der Waals surface area contributed by atoms with Crippen molar-refractivity contribution in [2.75, 3.05) is 6.54 Å². The van der Waals surface area contributed by atoms with E-state index in [1.165, 1.54) is 6.07 Å². The summed E-state index contributed by atoms with van der Waals surface area (Å²) in [6, 6.07) is 5.61. The van der Waals surface area contributed by atoms with Gasteiger partial charge >= 0.3 is 0 Å². The lowest BCUT2D eigenvalue weighted by Crippen LogP contribution is -2.36. The second kappa shape index (κ2) is 4.82. The summed E-state index contributed by atoms with van der Waals surface area (Å²) >= 11 is 3.36. The van der Waals surface area contributed by atoms with E-state index < -0.39 is 0 Å². The normalized spacial score (nSPS) is 26.2. The third-order valence-corrected chi connectivity index (χ3v) is 3.82. The highest BCUT2D eigenvalue weighted by Crippen LogP contribution is 2.22. The van der Waals surface area contributed by atoms with Crippen LogP contribution in [0.1, 0.15) is 18.9 Å². The van der Waals surface area contributed by atoms with Gasteiger partial charge in [0.15, 0.2) is 0 Å². The molecule has 2 unspecified atom stereocenters. The van der Waals surface area contributed by atoms with Gasteiger partial charge in [0.25, 0.3) is 0 Å². The molecule has 1 saturated heterocycles. The van der Waals surface area contributed by atoms with Crippen LogP contribution in [0.15, 0.2) is 22.7 Å². The molecule has 0 bridgehead atoms. The molecule has 0 aromatic heterocycles. The summed E-state index contributed by atoms with van der Waals surface area (Å²) in [5, 5.41) is 0. The van der Waals surface area contributed by atoms with Crippen molar-refractivity contribution in [3.05, 3.63) is 34.1 Å². The summed E-state index contributed by atoms with van der Waals surface area (Å²) in [6.45, 7) is 3.70. The molecular formula is C12H16BrFN2. The van der Waals surface area contributed by atoms with E-state index in [2.05, 4.69) is 27.8 Å². The van der Waals surface area contributed by atoms with Crippen molar-refractivity contribution in [1.82, 2.24) is 4.90 Å². The lowest BCUT2D eigenvalue weighted by Gasteiger charge is -2.23. The molecule has 4 heteroatoms. The number of hydrogen-bond donors (Lipinski definition) is 1. The molecule has 0 aliphatic carbocycles. The van der Waals surface area contributed by atoms with Gasteiger partial charge in [0.2, 0.25) is 0 Å². The van der Waals surface area contributed by atoms with Crippen LogP contribution < -0.4 is 5.73 Å². The van der Waals surface area contributed by atoms with Gasteiger partial charge in [-0.2, -0.15) is 0 Å². The highest BCUT2D eigenvalue weighted by atomic mass is 79.9. The maximum absolute atomic E-state index is 13.6. The predicted molar refractivity (Wildman–Crippen MR) is 66.6 cm³/mol. The average Bonchev–Trinajstić information content (AvgIpc) is 2.55. The Balaban J connectivity index is 2.12. The van der Waals surface area contributed by atoms with Crippen molar-refractivity contribution in [2.24, 2.45) is 5.73 Å². The van der Waals surface area contributed by atoms with Crippen LogP contribution in [0.2, 0.25) is 0 Å². The van der Waals surface area contributed by atoms with E-state index in [4.69, 9.17) is 5.73 Å². The second-order valence-corrected chi connectivity index (χ2v) is 5.32. The third kappa shape index (κ3) is 2.44. The van der Waals surface area contributed by atoms with Crippen LogP contribution >= 0.6 is 15.9 Å². The van der Waals surface area contributed by atoms with Crippen LogP contribution in [0, 0.1) is 5.82 Å². The van der Waals surface area contributed by atoms with Crippen LogP contribution in [-0.2, 0) is 6.54 Å². The average molecular weight is 287 g/mol. The van der Waals surface area contributed by atoms with Crippen LogP contribution in [-0.4, -0.2) is 23.5 Å². The van der Waals surface area contributed by atoms with Gasteiger partial charge in [0, 0.05) is 35.2 Å². The monoisotopic (exact) mass is 286 g/mol. The van der Waals surface area contributed by atoms with E-state index >= 15 is 0 Å². The summed E-state index contributed by atoms with van der Waals surface area (Å²) in [6.07, 6.45) is 0.997. The lowest BCUT2D eigenvalue weighted by atomic mass is 10.1. The zero-order valence-corrected chi connectivity index (χ0v) is 10.9. The van der Waals surface area contributed by atoms with E-state index in [1.54, 1.807) is 6.07 Å². The third-order valence-electron chi connectivity index (χ3n) is 3.33. The topological polar surface area (TPSA) is 29.3 Å². The molecular weight excluding hydrogens is 271 g/mol. The fraction of sp³-hybridized carbons (Fsp3) is 0.500. The maximum atomic E-state index is 13.6. The first kappa shape index (κ1) is 12.0. The van der Waals surface area contributed by atoms with E-state index in [-0.39, 0.29) is 11.9 Å². The Morgan fingerprint density at radius 1 is 1.56 bits per heavy atom. The summed E-state index contributed by atoms with van der Waals surface area (Å²) in [5.41, 5.74) is 6.68. The summed E-state index contributed by atoms with van der Waals surface area (Å²) in [7, 11) is 0. The fourth-order valence-corrected chi connectivity index (χ4v) is 2.55. The highest BCUT2D eigenvalue weighted by molar-refractivity contribution is 9.10. The smallest absolute Gasteiger partial charge is 0.127 e. The van der Waals surface area contributed by atoms with Crippen molar-refractivity contribution < 1.29 is 4.39 Å². The minimum atomic E-state index is -0.143. The van der Waals surface area contributed by atoms with E-state index in [0.29, 0.717) is 12.6 Å². The maximum Gasteiger partial charge on any atom is 0.127 e. The molecule has 1 aromatic carbocycles. The zero-order valence-electron chi connectivity index (χ0n) is 9.29. The quantitative estimate of drug-likeness (QED) is 0.905. The van der Waals surface area contributed by atoms with Crippen LogP contribution in [0.5, 0.6) is 0 Å². The molecule has 0 saturated carbocycles. The Kier molecular flexibility index (Phi) is 3.62. The number of nitrogens with zero attached hydrogens (tertiary/aromatic N) is 1. The van der Waals surface area contributed by atoms with Gasteiger partial charge < -0.3 is 5.73 Å². The number of halogens is 2. The zero-order chi connectivity index (χ0) is 11.7. The van der Waals surface area contributed by atoms with E-state index in [9.17, 15) is 4.39 Å². The van der Waals surface area contributed by atoms with Gasteiger partial charge in [-0.05, 0) is 31.5 Å². The Morgan fingerprint density at radius 3 is 2.94 bits per heavy atom. The summed E-state index contributed by atoms with van der Waals surface area (Å²) < 4.78 is 14.5. The van der Waals surface area contributed by atoms with Gasteiger partial charge in [-0.1, -0.05) is 15.9 Å². The Hall–Kier alpha value is -0.450. The minimum absolute atomic E-state index is 0.143. The molecule has 0 radical (unpaired) electrons. The van der Waals surface area contributed by atoms with Gasteiger partial charge in [0.05, 0.1) is 0 Å². The molecule has 2 rings (SSSR count). The predicted octanol–water partition coefficient (Wildman–Crippen LogP) is 2.51. The molecule has 0 spiro atoms. The lowest BCUT2D eigenvalue weighted by molar-refractivity contribution is 0.248. The summed E-state index contributed by atoms with van der Waals surface area (Å²) in [4.78, 5) is 2.23. The van der Waals surface area contributed by atoms with Crippen LogP contribution in [0.25, 0.3) is 0 Å². The molecule has 1 heterocycles. The number of rotatable bonds is 2. The van der Waals surface area contributed by atoms with Gasteiger partial charge in [0.1, 0.15) is 5.82 Å². The van der Waals surface area contributed by atoms with Gasteiger partial charge in [-0.25, -0.2) is 4.39 Å². The van der Waals surface area contributed by atoms with Crippen molar-refractivity contribution in [3.8, 4) is 0 Å². The van der Waals surface area contributed by atoms with Crippen molar-refractivity contribution in [2.45, 2.75) is 32.0 Å². The van der Waals surface area contributed by atoms with Crippen molar-refractivity contribution >= 4 is 15.9 Å². The first-order valence-electron chi connectivity index (χ1n) is 5.51. The molecule has 0 amide bonds. The molecule has 1 fully saturated rings.